The van der Waals surface area contributed by atoms with Crippen LogP contribution in [0.3, 0.4) is 0 Å². The first-order chi connectivity index (χ1) is 14.4. The molecular formula is C22H29N3O5S. The zero-order chi connectivity index (χ0) is 23.1. The molecule has 3 amide bonds. The number of hydrogen-bond donors (Lipinski definition) is 3. The lowest BCUT2D eigenvalue weighted by atomic mass is 10.00. The standard InChI is InChI=1S/C22H29N3O5S/c1-11(2)10-15(21(29)30)24-17(26)12(3)23-18(27)16-22(4,5)31-20-14-9-7-6-8-13(14)19(28)25(16)20/h6-9,11-12,15-16,20H,10H2,1-5H3,(H,23,27)(H,24,26)(H,29,30)/t12-,15+,16-,20+/m0/s1. The van der Waals surface area contributed by atoms with Gasteiger partial charge in [-0.05, 0) is 44.7 Å². The van der Waals surface area contributed by atoms with Gasteiger partial charge in [0.25, 0.3) is 5.91 Å². The van der Waals surface area contributed by atoms with Gasteiger partial charge in [-0.15, -0.1) is 11.8 Å². The molecule has 2 aliphatic heterocycles. The second-order valence-electron chi connectivity index (χ2n) is 9.04. The molecule has 0 saturated carbocycles. The molecule has 1 aromatic rings. The van der Waals surface area contributed by atoms with Crippen molar-refractivity contribution >= 4 is 35.5 Å². The molecule has 0 aliphatic carbocycles. The zero-order valence-electron chi connectivity index (χ0n) is 18.3. The number of benzene rings is 1. The molecule has 1 fully saturated rings. The summed E-state index contributed by atoms with van der Waals surface area (Å²) >= 11 is 1.54. The van der Waals surface area contributed by atoms with Crippen LogP contribution in [0, 0.1) is 5.92 Å². The Labute approximate surface area is 186 Å². The topological polar surface area (TPSA) is 116 Å². The third-order valence-corrected chi connectivity index (χ3v) is 7.15. The summed E-state index contributed by atoms with van der Waals surface area (Å²) in [7, 11) is 0. The van der Waals surface area contributed by atoms with Crippen LogP contribution in [-0.2, 0) is 14.4 Å². The third-order valence-electron chi connectivity index (χ3n) is 5.62. The molecule has 2 heterocycles. The minimum atomic E-state index is -1.11. The predicted molar refractivity (Wildman–Crippen MR) is 117 cm³/mol. The highest BCUT2D eigenvalue weighted by Gasteiger charge is 2.57. The average molecular weight is 448 g/mol. The quantitative estimate of drug-likeness (QED) is 0.590. The third kappa shape index (κ3) is 4.42. The van der Waals surface area contributed by atoms with Crippen LogP contribution in [0.2, 0.25) is 0 Å². The van der Waals surface area contributed by atoms with Crippen molar-refractivity contribution in [3.63, 3.8) is 0 Å². The minimum Gasteiger partial charge on any atom is -0.480 e. The lowest BCUT2D eigenvalue weighted by molar-refractivity contribution is -0.142. The zero-order valence-corrected chi connectivity index (χ0v) is 19.2. The summed E-state index contributed by atoms with van der Waals surface area (Å²) in [4.78, 5) is 51.8. The summed E-state index contributed by atoms with van der Waals surface area (Å²) in [6, 6.07) is 4.60. The van der Waals surface area contributed by atoms with Crippen LogP contribution in [0.1, 0.15) is 62.3 Å². The van der Waals surface area contributed by atoms with E-state index in [1.807, 2.05) is 39.8 Å². The van der Waals surface area contributed by atoms with Gasteiger partial charge in [-0.1, -0.05) is 32.0 Å². The monoisotopic (exact) mass is 447 g/mol. The number of carbonyl (C=O) groups is 4. The summed E-state index contributed by atoms with van der Waals surface area (Å²) in [6.45, 7) is 9.06. The van der Waals surface area contributed by atoms with Gasteiger partial charge in [-0.25, -0.2) is 4.79 Å². The maximum absolute atomic E-state index is 13.2. The van der Waals surface area contributed by atoms with Crippen LogP contribution in [0.25, 0.3) is 0 Å². The lowest BCUT2D eigenvalue weighted by Gasteiger charge is -2.30. The first-order valence-electron chi connectivity index (χ1n) is 10.4. The normalized spacial score (nSPS) is 23.2. The number of fused-ring (bicyclic) bond motifs is 3. The Morgan fingerprint density at radius 1 is 1.16 bits per heavy atom. The van der Waals surface area contributed by atoms with E-state index in [1.165, 1.54) is 6.92 Å². The first kappa shape index (κ1) is 23.1. The highest BCUT2D eigenvalue weighted by Crippen LogP contribution is 2.56. The fourth-order valence-corrected chi connectivity index (χ4v) is 5.74. The Morgan fingerprint density at radius 3 is 2.42 bits per heavy atom. The Bertz CT molecular complexity index is 916. The van der Waals surface area contributed by atoms with Gasteiger partial charge in [0.1, 0.15) is 23.5 Å². The van der Waals surface area contributed by atoms with Crippen LogP contribution in [0.15, 0.2) is 24.3 Å². The molecule has 2 aliphatic rings. The number of aliphatic carboxylic acids is 1. The number of carboxylic acids is 1. The molecule has 3 rings (SSSR count). The summed E-state index contributed by atoms with van der Waals surface area (Å²) in [5, 5.41) is 14.3. The number of rotatable bonds is 7. The van der Waals surface area contributed by atoms with Crippen LogP contribution >= 0.6 is 11.8 Å². The molecule has 0 unspecified atom stereocenters. The smallest absolute Gasteiger partial charge is 0.326 e. The Kier molecular flexibility index (Phi) is 6.36. The molecule has 9 heteroatoms. The van der Waals surface area contributed by atoms with E-state index in [4.69, 9.17) is 0 Å². The van der Waals surface area contributed by atoms with Crippen molar-refractivity contribution in [2.24, 2.45) is 5.92 Å². The minimum absolute atomic E-state index is 0.0855. The summed E-state index contributed by atoms with van der Waals surface area (Å²) in [6.07, 6.45) is 0.288. The van der Waals surface area contributed by atoms with Gasteiger partial charge in [0.15, 0.2) is 0 Å². The number of hydrogen-bond acceptors (Lipinski definition) is 5. The van der Waals surface area contributed by atoms with Crippen molar-refractivity contribution in [2.45, 2.75) is 69.3 Å². The molecule has 0 bridgehead atoms. The largest absolute Gasteiger partial charge is 0.480 e. The molecular weight excluding hydrogens is 418 g/mol. The second-order valence-corrected chi connectivity index (χ2v) is 10.8. The number of carboxylic acid groups (broad SMARTS) is 1. The molecule has 1 aromatic carbocycles. The van der Waals surface area contributed by atoms with Gasteiger partial charge in [0.2, 0.25) is 11.8 Å². The molecule has 3 N–H and O–H groups in total. The van der Waals surface area contributed by atoms with Crippen molar-refractivity contribution in [3.05, 3.63) is 35.4 Å². The van der Waals surface area contributed by atoms with E-state index in [0.717, 1.165) is 5.56 Å². The summed E-state index contributed by atoms with van der Waals surface area (Å²) in [5.74, 6) is -2.23. The Hall–Kier alpha value is -2.55. The molecule has 168 valence electrons. The van der Waals surface area contributed by atoms with Crippen LogP contribution in [0.5, 0.6) is 0 Å². The molecule has 8 nitrogen and oxygen atoms in total. The van der Waals surface area contributed by atoms with E-state index in [0.29, 0.717) is 5.56 Å². The molecule has 4 atom stereocenters. The van der Waals surface area contributed by atoms with Gasteiger partial charge in [-0.3, -0.25) is 14.4 Å². The van der Waals surface area contributed by atoms with E-state index in [2.05, 4.69) is 10.6 Å². The second kappa shape index (κ2) is 8.53. The van der Waals surface area contributed by atoms with Crippen molar-refractivity contribution < 1.29 is 24.3 Å². The van der Waals surface area contributed by atoms with Gasteiger partial charge < -0.3 is 20.6 Å². The fraction of sp³-hybridized carbons (Fsp3) is 0.545. The number of carbonyl (C=O) groups excluding carboxylic acids is 3. The number of thioether (sulfide) groups is 1. The molecule has 1 saturated heterocycles. The van der Waals surface area contributed by atoms with Crippen molar-refractivity contribution in [1.82, 2.24) is 15.5 Å². The van der Waals surface area contributed by atoms with E-state index in [1.54, 1.807) is 28.8 Å². The molecule has 0 radical (unpaired) electrons. The Balaban J connectivity index is 1.73. The maximum atomic E-state index is 13.2. The van der Waals surface area contributed by atoms with Crippen LogP contribution in [0.4, 0.5) is 0 Å². The van der Waals surface area contributed by atoms with Crippen molar-refractivity contribution in [1.29, 1.82) is 0 Å². The van der Waals surface area contributed by atoms with Gasteiger partial charge >= 0.3 is 5.97 Å². The summed E-state index contributed by atoms with van der Waals surface area (Å²) < 4.78 is -0.560. The van der Waals surface area contributed by atoms with E-state index in [9.17, 15) is 24.3 Å². The predicted octanol–water partition coefficient (Wildman–Crippen LogP) is 2.16. The molecule has 31 heavy (non-hydrogen) atoms. The van der Waals surface area contributed by atoms with E-state index in [-0.39, 0.29) is 23.6 Å². The van der Waals surface area contributed by atoms with E-state index >= 15 is 0 Å². The van der Waals surface area contributed by atoms with E-state index < -0.39 is 40.7 Å². The Morgan fingerprint density at radius 2 is 1.81 bits per heavy atom. The number of amides is 3. The van der Waals surface area contributed by atoms with Crippen LogP contribution in [-0.4, -0.2) is 56.6 Å². The highest BCUT2D eigenvalue weighted by atomic mass is 32.2. The van der Waals surface area contributed by atoms with Crippen molar-refractivity contribution in [3.8, 4) is 0 Å². The van der Waals surface area contributed by atoms with Crippen LogP contribution < -0.4 is 10.6 Å². The summed E-state index contributed by atoms with van der Waals surface area (Å²) in [5.41, 5.74) is 1.49. The van der Waals surface area contributed by atoms with Gasteiger partial charge in [-0.2, -0.15) is 0 Å². The lowest BCUT2D eigenvalue weighted by Crippen LogP contribution is -2.57. The highest BCUT2D eigenvalue weighted by molar-refractivity contribution is 8.01. The first-order valence-corrected chi connectivity index (χ1v) is 11.2. The average Bonchev–Trinajstić information content (AvgIpc) is 3.10. The maximum Gasteiger partial charge on any atom is 0.326 e. The molecule has 0 spiro atoms. The van der Waals surface area contributed by atoms with Crippen molar-refractivity contribution in [2.75, 3.05) is 0 Å². The number of nitrogens with one attached hydrogen (secondary N) is 2. The number of nitrogens with zero attached hydrogens (tertiary/aromatic N) is 1. The SMILES string of the molecule is CC(C)C[C@@H](NC(=O)[C@H](C)NC(=O)[C@@H]1N2C(=O)c3ccccc3[C@H]2SC1(C)C)C(=O)O. The molecule has 0 aromatic heterocycles. The fourth-order valence-electron chi connectivity index (χ4n) is 4.15. The van der Waals surface area contributed by atoms with Gasteiger partial charge in [0, 0.05) is 10.3 Å². The van der Waals surface area contributed by atoms with Gasteiger partial charge in [0.05, 0.1) is 0 Å².